The maximum atomic E-state index is 14.1. The quantitative estimate of drug-likeness (QED) is 0.234. The summed E-state index contributed by atoms with van der Waals surface area (Å²) in [6.45, 7) is 16.5. The summed E-state index contributed by atoms with van der Waals surface area (Å²) in [4.78, 5) is 98.0. The van der Waals surface area contributed by atoms with Crippen LogP contribution in [0, 0.1) is 17.8 Å². The zero-order valence-corrected chi connectivity index (χ0v) is 36.9. The van der Waals surface area contributed by atoms with Crippen LogP contribution in [-0.4, -0.2) is 120 Å². The third kappa shape index (κ3) is 14.9. The molecule has 0 aromatic heterocycles. The van der Waals surface area contributed by atoms with Crippen LogP contribution in [0.4, 0.5) is 0 Å². The summed E-state index contributed by atoms with van der Waals surface area (Å²) < 4.78 is 11.5. The van der Waals surface area contributed by atoms with Crippen molar-refractivity contribution in [1.29, 1.82) is 0 Å². The van der Waals surface area contributed by atoms with Crippen LogP contribution in [0.2, 0.25) is 0 Å². The molecule has 1 aromatic rings. The van der Waals surface area contributed by atoms with Crippen LogP contribution in [0.1, 0.15) is 94.1 Å². The fraction of sp³-hybridized carbons (Fsp3) is 0.614. The van der Waals surface area contributed by atoms with Gasteiger partial charge >= 0.3 is 11.9 Å². The summed E-state index contributed by atoms with van der Waals surface area (Å²) in [5, 5.41) is 19.3. The minimum absolute atomic E-state index is 0.0211. The molecule has 0 radical (unpaired) electrons. The second kappa shape index (κ2) is 23.5. The van der Waals surface area contributed by atoms with Crippen molar-refractivity contribution in [3.05, 3.63) is 59.2 Å². The molecule has 0 spiro atoms. The summed E-state index contributed by atoms with van der Waals surface area (Å²) >= 11 is 0. The van der Waals surface area contributed by atoms with E-state index in [4.69, 9.17) is 9.47 Å². The van der Waals surface area contributed by atoms with Crippen molar-refractivity contribution in [2.75, 3.05) is 20.6 Å². The fourth-order valence-electron chi connectivity index (χ4n) is 6.55. The van der Waals surface area contributed by atoms with Crippen molar-refractivity contribution in [2.45, 2.75) is 137 Å². The first-order valence-corrected chi connectivity index (χ1v) is 20.5. The molecule has 1 aliphatic heterocycles. The highest BCUT2D eigenvalue weighted by Crippen LogP contribution is 2.24. The number of benzene rings is 1. The number of hydrogen-bond donors (Lipinski definition) is 4. The van der Waals surface area contributed by atoms with E-state index in [1.807, 2.05) is 26.8 Å². The van der Waals surface area contributed by atoms with Gasteiger partial charge in [0.25, 0.3) is 5.91 Å². The molecule has 4 N–H and O–H groups in total. The van der Waals surface area contributed by atoms with Gasteiger partial charge in [0.05, 0.1) is 12.6 Å². The lowest BCUT2D eigenvalue weighted by Crippen LogP contribution is -2.57. The van der Waals surface area contributed by atoms with Gasteiger partial charge in [0, 0.05) is 32.0 Å². The lowest BCUT2D eigenvalue weighted by atomic mass is 9.90. The number of nitrogens with zero attached hydrogens (tertiary/aromatic N) is 2. The Balaban J connectivity index is 2.62. The van der Waals surface area contributed by atoms with E-state index in [1.54, 1.807) is 58.0 Å². The number of hydrogen-bond acceptors (Lipinski definition) is 10. The summed E-state index contributed by atoms with van der Waals surface area (Å²) in [6.07, 6.45) is 0.687. The average Bonchev–Trinajstić information content (AvgIpc) is 3.20. The predicted molar refractivity (Wildman–Crippen MR) is 223 cm³/mol. The van der Waals surface area contributed by atoms with Crippen molar-refractivity contribution in [1.82, 2.24) is 25.8 Å². The van der Waals surface area contributed by atoms with Gasteiger partial charge in [0.1, 0.15) is 30.3 Å². The zero-order chi connectivity index (χ0) is 44.7. The highest BCUT2D eigenvalue weighted by atomic mass is 16.6. The molecule has 9 atom stereocenters. The number of rotatable bonds is 7. The molecule has 0 saturated heterocycles. The first-order valence-electron chi connectivity index (χ1n) is 20.5. The average molecular weight is 826 g/mol. The Kier molecular flexibility index (Phi) is 20.0. The third-order valence-corrected chi connectivity index (χ3v) is 10.8. The number of allylic oxidation sites excluding steroid dienone is 1. The Bertz CT molecular complexity index is 1700. The van der Waals surface area contributed by atoms with Crippen LogP contribution < -0.4 is 16.0 Å². The molecule has 1 heterocycles. The number of carbonyl (C=O) groups is 7. The molecule has 5 amide bonds. The van der Waals surface area contributed by atoms with Crippen LogP contribution in [0.5, 0.6) is 0 Å². The van der Waals surface area contributed by atoms with Crippen LogP contribution >= 0.6 is 0 Å². The van der Waals surface area contributed by atoms with Crippen LogP contribution in [0.15, 0.2) is 53.6 Å². The molecular formula is C44H67N5O10. The number of ether oxygens (including phenoxy) is 2. The van der Waals surface area contributed by atoms with Gasteiger partial charge in [0.15, 0.2) is 6.10 Å². The van der Waals surface area contributed by atoms with Gasteiger partial charge < -0.3 is 40.3 Å². The number of carbonyl (C=O) groups excluding carboxylic acids is 7. The minimum atomic E-state index is -1.26. The van der Waals surface area contributed by atoms with Crippen molar-refractivity contribution in [3.8, 4) is 0 Å². The summed E-state index contributed by atoms with van der Waals surface area (Å²) in [7, 11) is 2.85. The largest absolute Gasteiger partial charge is 0.456 e. The van der Waals surface area contributed by atoms with E-state index in [9.17, 15) is 38.7 Å². The number of cyclic esters (lactones) is 2. The van der Waals surface area contributed by atoms with E-state index in [0.717, 1.165) is 5.56 Å². The molecule has 2 rings (SSSR count). The summed E-state index contributed by atoms with van der Waals surface area (Å²) in [5.41, 5.74) is 1.51. The second-order valence-electron chi connectivity index (χ2n) is 16.2. The number of nitrogens with one attached hydrogen (secondary N) is 3. The first kappa shape index (κ1) is 50.1. The zero-order valence-electron chi connectivity index (χ0n) is 36.9. The minimum Gasteiger partial charge on any atom is -0.456 e. The molecule has 0 unspecified atom stereocenters. The van der Waals surface area contributed by atoms with Crippen molar-refractivity contribution in [3.63, 3.8) is 0 Å². The Hall–Kier alpha value is -5.05. The third-order valence-electron chi connectivity index (χ3n) is 10.8. The molecule has 1 aromatic carbocycles. The number of likely N-dealkylation sites (N-methyl/N-ethyl adjacent to an activating group) is 2. The maximum absolute atomic E-state index is 14.1. The van der Waals surface area contributed by atoms with E-state index in [0.29, 0.717) is 12.0 Å². The highest BCUT2D eigenvalue weighted by molar-refractivity contribution is 5.96. The van der Waals surface area contributed by atoms with Gasteiger partial charge in [-0.25, -0.2) is 9.59 Å². The molecule has 0 bridgehead atoms. The smallest absolute Gasteiger partial charge is 0.334 e. The number of esters is 2. The fourth-order valence-corrected chi connectivity index (χ4v) is 6.55. The normalized spacial score (nSPS) is 28.8. The number of aliphatic hydroxyl groups excluding tert-OH is 1. The van der Waals surface area contributed by atoms with Crippen molar-refractivity contribution in [2.24, 2.45) is 17.8 Å². The molecular weight excluding hydrogens is 759 g/mol. The van der Waals surface area contributed by atoms with Crippen molar-refractivity contribution >= 4 is 41.5 Å². The molecule has 59 heavy (non-hydrogen) atoms. The van der Waals surface area contributed by atoms with Crippen LogP contribution in [0.25, 0.3) is 0 Å². The van der Waals surface area contributed by atoms with Crippen molar-refractivity contribution < 1.29 is 48.1 Å². The van der Waals surface area contributed by atoms with Gasteiger partial charge in [-0.05, 0) is 70.4 Å². The van der Waals surface area contributed by atoms with Gasteiger partial charge in [-0.15, -0.1) is 0 Å². The van der Waals surface area contributed by atoms with E-state index < -0.39 is 96.4 Å². The monoisotopic (exact) mass is 825 g/mol. The van der Waals surface area contributed by atoms with Gasteiger partial charge in [-0.2, -0.15) is 0 Å². The predicted octanol–water partition coefficient (Wildman–Crippen LogP) is 3.24. The first-order chi connectivity index (χ1) is 27.6. The Morgan fingerprint density at radius 3 is 2.08 bits per heavy atom. The summed E-state index contributed by atoms with van der Waals surface area (Å²) in [6, 6.07) is 4.53. The standard InChI is InChI=1S/C44H67N5O10/c1-13-26(5)37-40(53)46-31(10)44(57)59-38(27(6)14-2)29(8)34(50)21-20-28(7)43(56)58-35(22-25(3)4)39(52)45-30(9)41(54)49(12)33(23-32-18-16-15-17-19-32)42(55)48(11)24-36(51)47-37/h14-20,25-26,29-31,33-35,37-38,50H,13,21-24H2,1-12H3,(H,45,52)(H,46,53)(H,47,51)/b27-14+,28-20+/t26-,29-,30-,31+,33-,34-,35+,37-,38+/m0/s1. The molecule has 0 fully saturated rings. The maximum Gasteiger partial charge on any atom is 0.334 e. The van der Waals surface area contributed by atoms with Gasteiger partial charge in [-0.1, -0.05) is 83.5 Å². The lowest BCUT2D eigenvalue weighted by Gasteiger charge is -2.33. The molecule has 1 aliphatic rings. The number of amides is 5. The molecule has 328 valence electrons. The van der Waals surface area contributed by atoms with E-state index in [1.165, 1.54) is 50.7 Å². The van der Waals surface area contributed by atoms with E-state index in [2.05, 4.69) is 16.0 Å². The van der Waals surface area contributed by atoms with Crippen LogP contribution in [-0.2, 0) is 49.5 Å². The number of aliphatic hydroxyl groups is 1. The molecule has 15 nitrogen and oxygen atoms in total. The highest BCUT2D eigenvalue weighted by Gasteiger charge is 2.36. The molecule has 0 saturated carbocycles. The summed E-state index contributed by atoms with van der Waals surface area (Å²) in [5.74, 6) is -5.83. The Labute approximate surface area is 349 Å². The Morgan fingerprint density at radius 1 is 0.898 bits per heavy atom. The van der Waals surface area contributed by atoms with Crippen LogP contribution in [0.3, 0.4) is 0 Å². The van der Waals surface area contributed by atoms with Gasteiger partial charge in [-0.3, -0.25) is 24.0 Å². The molecule has 0 aliphatic carbocycles. The van der Waals surface area contributed by atoms with E-state index >= 15 is 0 Å². The lowest BCUT2D eigenvalue weighted by molar-refractivity contribution is -0.155. The van der Waals surface area contributed by atoms with Gasteiger partial charge in [0.2, 0.25) is 23.6 Å². The second-order valence-corrected chi connectivity index (χ2v) is 16.2. The molecule has 15 heteroatoms. The SMILES string of the molecule is C/C=C(\C)[C@H]1OC(=O)[C@@H](C)NC(=O)[C@H]([C@@H](C)CC)NC(=O)CN(C)C(=O)[C@H](Cc2ccccc2)N(C)C(=O)[C@H](C)NC(=O)[C@@H](CC(C)C)OC(=O)/C(C)=C/C[C@H](O)[C@@H]1C. The Morgan fingerprint density at radius 2 is 1.51 bits per heavy atom. The van der Waals surface area contributed by atoms with E-state index in [-0.39, 0.29) is 36.7 Å². The topological polar surface area (TPSA) is 201 Å².